The van der Waals surface area contributed by atoms with E-state index in [9.17, 15) is 0 Å². The van der Waals surface area contributed by atoms with Gasteiger partial charge in [-0.25, -0.2) is 4.68 Å². The summed E-state index contributed by atoms with van der Waals surface area (Å²) in [7, 11) is 0. The molecule has 1 heterocycles. The molecule has 0 aliphatic carbocycles. The maximum Gasteiger partial charge on any atom is 0.184 e. The van der Waals surface area contributed by atoms with Gasteiger partial charge in [0.05, 0.1) is 5.54 Å². The van der Waals surface area contributed by atoms with Crippen molar-refractivity contribution in [3.8, 4) is 11.4 Å². The minimum absolute atomic E-state index is 0.173. The smallest absolute Gasteiger partial charge is 0.184 e. The maximum atomic E-state index is 6.00. The molecule has 0 unspecified atom stereocenters. The monoisotopic (exact) mass is 265 g/mol. The molecule has 0 saturated heterocycles. The van der Waals surface area contributed by atoms with Crippen LogP contribution in [0.25, 0.3) is 11.4 Å². The average Bonchev–Trinajstić information content (AvgIpc) is 2.82. The molecule has 2 aromatic rings. The highest BCUT2D eigenvalue weighted by molar-refractivity contribution is 6.31. The third-order valence-corrected chi connectivity index (χ3v) is 3.40. The first-order valence-corrected chi connectivity index (χ1v) is 6.18. The second-order valence-electron chi connectivity index (χ2n) is 4.81. The third kappa shape index (κ3) is 2.18. The van der Waals surface area contributed by atoms with Gasteiger partial charge in [-0.1, -0.05) is 18.5 Å². The molecular formula is C12H16ClN5. The Labute approximate surface area is 111 Å². The minimum atomic E-state index is -0.173. The Bertz CT molecular complexity index is 561. The van der Waals surface area contributed by atoms with Crippen LogP contribution in [-0.2, 0) is 5.54 Å². The van der Waals surface area contributed by atoms with Gasteiger partial charge in [-0.3, -0.25) is 0 Å². The van der Waals surface area contributed by atoms with Crippen LogP contribution in [-0.4, -0.2) is 20.2 Å². The SMILES string of the molecule is CCC(C)(C)n1nnnc1-c1cc(Cl)ccc1N. The van der Waals surface area contributed by atoms with Crippen molar-refractivity contribution < 1.29 is 0 Å². The zero-order valence-electron chi connectivity index (χ0n) is 10.7. The van der Waals surface area contributed by atoms with E-state index >= 15 is 0 Å². The van der Waals surface area contributed by atoms with Gasteiger partial charge in [-0.2, -0.15) is 0 Å². The summed E-state index contributed by atoms with van der Waals surface area (Å²) in [4.78, 5) is 0. The number of halogens is 1. The normalized spacial score (nSPS) is 11.8. The van der Waals surface area contributed by atoms with E-state index in [4.69, 9.17) is 17.3 Å². The summed E-state index contributed by atoms with van der Waals surface area (Å²) in [6.07, 6.45) is 0.908. The molecular weight excluding hydrogens is 250 g/mol. The van der Waals surface area contributed by atoms with E-state index in [1.54, 1.807) is 22.9 Å². The number of aromatic nitrogens is 4. The number of anilines is 1. The summed E-state index contributed by atoms with van der Waals surface area (Å²) < 4.78 is 1.79. The topological polar surface area (TPSA) is 69.6 Å². The molecule has 0 saturated carbocycles. The Morgan fingerprint density at radius 1 is 1.39 bits per heavy atom. The Kier molecular flexibility index (Phi) is 3.26. The molecule has 0 radical (unpaired) electrons. The van der Waals surface area contributed by atoms with Crippen LogP contribution >= 0.6 is 11.6 Å². The number of benzene rings is 1. The first-order valence-electron chi connectivity index (χ1n) is 5.80. The molecule has 6 heteroatoms. The summed E-state index contributed by atoms with van der Waals surface area (Å²) >= 11 is 6.00. The largest absolute Gasteiger partial charge is 0.398 e. The van der Waals surface area contributed by atoms with Crippen molar-refractivity contribution in [3.63, 3.8) is 0 Å². The van der Waals surface area contributed by atoms with Crippen LogP contribution in [0.15, 0.2) is 18.2 Å². The van der Waals surface area contributed by atoms with Crippen LogP contribution in [0, 0.1) is 0 Å². The minimum Gasteiger partial charge on any atom is -0.398 e. The first kappa shape index (κ1) is 12.8. The standard InChI is InChI=1S/C12H16ClN5/c1-4-12(2,3)18-11(15-16-17-18)9-7-8(13)5-6-10(9)14/h5-7H,4,14H2,1-3H3. The van der Waals surface area contributed by atoms with Crippen LogP contribution in [0.3, 0.4) is 0 Å². The summed E-state index contributed by atoms with van der Waals surface area (Å²) in [6, 6.07) is 5.29. The number of nitrogen functional groups attached to an aromatic ring is 1. The van der Waals surface area contributed by atoms with Gasteiger partial charge in [-0.05, 0) is 48.9 Å². The van der Waals surface area contributed by atoms with E-state index in [0.29, 0.717) is 16.5 Å². The molecule has 0 aliphatic rings. The molecule has 2 N–H and O–H groups in total. The molecule has 0 amide bonds. The number of hydrogen-bond donors (Lipinski definition) is 1. The molecule has 0 spiro atoms. The first-order chi connectivity index (χ1) is 8.45. The predicted octanol–water partition coefficient (Wildman–Crippen LogP) is 2.72. The fourth-order valence-electron chi connectivity index (χ4n) is 1.63. The van der Waals surface area contributed by atoms with Crippen molar-refractivity contribution in [1.29, 1.82) is 0 Å². The Balaban J connectivity index is 2.59. The lowest BCUT2D eigenvalue weighted by molar-refractivity contribution is 0.305. The zero-order valence-corrected chi connectivity index (χ0v) is 11.4. The van der Waals surface area contributed by atoms with Gasteiger partial charge in [0.15, 0.2) is 5.82 Å². The summed E-state index contributed by atoms with van der Waals surface area (Å²) in [5.74, 6) is 0.641. The lowest BCUT2D eigenvalue weighted by Gasteiger charge is -2.24. The van der Waals surface area contributed by atoms with E-state index in [0.717, 1.165) is 12.0 Å². The molecule has 0 bridgehead atoms. The fourth-order valence-corrected chi connectivity index (χ4v) is 1.81. The molecule has 96 valence electrons. The molecule has 2 rings (SSSR count). The van der Waals surface area contributed by atoms with Crippen LogP contribution in [0.2, 0.25) is 5.02 Å². The number of rotatable bonds is 3. The van der Waals surface area contributed by atoms with Gasteiger partial charge in [0, 0.05) is 16.3 Å². The number of tetrazole rings is 1. The van der Waals surface area contributed by atoms with Crippen LogP contribution in [0.1, 0.15) is 27.2 Å². The Hall–Kier alpha value is -1.62. The van der Waals surface area contributed by atoms with Gasteiger partial charge in [0.2, 0.25) is 0 Å². The molecule has 0 aliphatic heterocycles. The lowest BCUT2D eigenvalue weighted by atomic mass is 10.0. The van der Waals surface area contributed by atoms with Gasteiger partial charge < -0.3 is 5.73 Å². The summed E-state index contributed by atoms with van der Waals surface area (Å²) in [5, 5.41) is 12.5. The molecule has 0 atom stereocenters. The van der Waals surface area contributed by atoms with E-state index in [2.05, 4.69) is 36.3 Å². The van der Waals surface area contributed by atoms with Crippen LogP contribution in [0.4, 0.5) is 5.69 Å². The molecule has 1 aromatic carbocycles. The zero-order chi connectivity index (χ0) is 13.3. The summed E-state index contributed by atoms with van der Waals surface area (Å²) in [6.45, 7) is 6.24. The van der Waals surface area contributed by atoms with Gasteiger partial charge >= 0.3 is 0 Å². The molecule has 5 nitrogen and oxygen atoms in total. The summed E-state index contributed by atoms with van der Waals surface area (Å²) in [5.41, 5.74) is 7.17. The van der Waals surface area contributed by atoms with Crippen LogP contribution < -0.4 is 5.73 Å². The maximum absolute atomic E-state index is 6.00. The predicted molar refractivity (Wildman–Crippen MR) is 72.3 cm³/mol. The second-order valence-corrected chi connectivity index (χ2v) is 5.25. The van der Waals surface area contributed by atoms with E-state index in [1.807, 2.05) is 0 Å². The van der Waals surface area contributed by atoms with Crippen molar-refractivity contribution in [2.75, 3.05) is 5.73 Å². The Morgan fingerprint density at radius 3 is 2.78 bits per heavy atom. The lowest BCUT2D eigenvalue weighted by Crippen LogP contribution is -2.27. The number of hydrogen-bond acceptors (Lipinski definition) is 4. The van der Waals surface area contributed by atoms with Crippen molar-refractivity contribution >= 4 is 17.3 Å². The number of nitrogens with two attached hydrogens (primary N) is 1. The quantitative estimate of drug-likeness (QED) is 0.867. The number of nitrogens with zero attached hydrogens (tertiary/aromatic N) is 4. The average molecular weight is 266 g/mol. The fraction of sp³-hybridized carbons (Fsp3) is 0.417. The van der Waals surface area contributed by atoms with Gasteiger partial charge in [0.25, 0.3) is 0 Å². The van der Waals surface area contributed by atoms with E-state index < -0.39 is 0 Å². The van der Waals surface area contributed by atoms with Gasteiger partial charge in [0.1, 0.15) is 0 Å². The highest BCUT2D eigenvalue weighted by atomic mass is 35.5. The van der Waals surface area contributed by atoms with E-state index in [1.165, 1.54) is 0 Å². The molecule has 0 fully saturated rings. The molecule has 18 heavy (non-hydrogen) atoms. The molecule has 1 aromatic heterocycles. The van der Waals surface area contributed by atoms with Crippen molar-refractivity contribution in [2.24, 2.45) is 0 Å². The third-order valence-electron chi connectivity index (χ3n) is 3.16. The van der Waals surface area contributed by atoms with E-state index in [-0.39, 0.29) is 5.54 Å². The highest BCUT2D eigenvalue weighted by Crippen LogP contribution is 2.30. The van der Waals surface area contributed by atoms with Crippen molar-refractivity contribution in [3.05, 3.63) is 23.2 Å². The Morgan fingerprint density at radius 2 is 2.11 bits per heavy atom. The van der Waals surface area contributed by atoms with Crippen molar-refractivity contribution in [1.82, 2.24) is 20.2 Å². The highest BCUT2D eigenvalue weighted by Gasteiger charge is 2.24. The second kappa shape index (κ2) is 4.57. The van der Waals surface area contributed by atoms with Crippen LogP contribution in [0.5, 0.6) is 0 Å². The van der Waals surface area contributed by atoms with Crippen molar-refractivity contribution in [2.45, 2.75) is 32.7 Å². The van der Waals surface area contributed by atoms with Gasteiger partial charge in [-0.15, -0.1) is 5.10 Å².